The molecule has 0 spiro atoms. The first-order valence-electron chi connectivity index (χ1n) is 12.7. The second kappa shape index (κ2) is 9.74. The summed E-state index contributed by atoms with van der Waals surface area (Å²) in [4.78, 5) is 15.8. The number of fused-ring (bicyclic) bond motifs is 1. The van der Waals surface area contributed by atoms with Crippen LogP contribution >= 0.6 is 0 Å². The van der Waals surface area contributed by atoms with Gasteiger partial charge in [-0.15, -0.1) is 0 Å². The van der Waals surface area contributed by atoms with E-state index in [0.717, 1.165) is 24.3 Å². The molecule has 1 fully saturated rings. The highest BCUT2D eigenvalue weighted by atomic mass is 32.2. The normalized spacial score (nSPS) is 17.8. The predicted octanol–water partition coefficient (Wildman–Crippen LogP) is 5.18. The van der Waals surface area contributed by atoms with Gasteiger partial charge < -0.3 is 15.0 Å². The summed E-state index contributed by atoms with van der Waals surface area (Å²) in [6.45, 7) is 8.17. The Hall–Kier alpha value is -3.52. The van der Waals surface area contributed by atoms with Crippen molar-refractivity contribution in [1.82, 2.24) is 0 Å². The molecular formula is C29H33N3O4S. The molecule has 1 amide bonds. The summed E-state index contributed by atoms with van der Waals surface area (Å²) in [5.41, 5.74) is 3.00. The Balaban J connectivity index is 1.43. The second-order valence-electron chi connectivity index (χ2n) is 10.6. The molecule has 2 aliphatic rings. The van der Waals surface area contributed by atoms with E-state index < -0.39 is 22.0 Å². The summed E-state index contributed by atoms with van der Waals surface area (Å²) in [5, 5.41) is 2.90. The van der Waals surface area contributed by atoms with Crippen LogP contribution in [0.5, 0.6) is 5.75 Å². The van der Waals surface area contributed by atoms with E-state index in [2.05, 4.69) is 31.0 Å². The number of nitrogens with zero attached hydrogens (tertiary/aromatic N) is 2. The van der Waals surface area contributed by atoms with Crippen molar-refractivity contribution in [3.05, 3.63) is 78.4 Å². The fraction of sp³-hybridized carbons (Fsp3) is 0.345. The van der Waals surface area contributed by atoms with Gasteiger partial charge in [-0.3, -0.25) is 9.10 Å². The molecule has 8 heteroatoms. The van der Waals surface area contributed by atoms with Crippen LogP contribution in [-0.2, 0) is 20.2 Å². The maximum Gasteiger partial charge on any atom is 0.267 e. The molecule has 0 unspecified atom stereocenters. The van der Waals surface area contributed by atoms with Crippen molar-refractivity contribution < 1.29 is 17.9 Å². The number of amides is 1. The van der Waals surface area contributed by atoms with Gasteiger partial charge >= 0.3 is 0 Å². The predicted molar refractivity (Wildman–Crippen MR) is 147 cm³/mol. The van der Waals surface area contributed by atoms with E-state index in [0.29, 0.717) is 17.1 Å². The number of nitrogens with one attached hydrogen (secondary N) is 1. The number of ether oxygens (including phenoxy) is 1. The van der Waals surface area contributed by atoms with Crippen LogP contribution in [0, 0.1) is 0 Å². The van der Waals surface area contributed by atoms with Crippen LogP contribution in [0.3, 0.4) is 0 Å². The summed E-state index contributed by atoms with van der Waals surface area (Å²) in [7, 11) is -3.92. The smallest absolute Gasteiger partial charge is 0.267 e. The van der Waals surface area contributed by atoms with Crippen molar-refractivity contribution in [3.8, 4) is 5.75 Å². The summed E-state index contributed by atoms with van der Waals surface area (Å²) in [5.74, 6) is -0.0315. The Morgan fingerprint density at radius 2 is 1.62 bits per heavy atom. The maximum absolute atomic E-state index is 13.7. The first-order chi connectivity index (χ1) is 17.6. The molecule has 2 heterocycles. The molecule has 37 heavy (non-hydrogen) atoms. The lowest BCUT2D eigenvalue weighted by Gasteiger charge is -2.36. The van der Waals surface area contributed by atoms with Gasteiger partial charge in [-0.05, 0) is 72.4 Å². The SMILES string of the molecule is CC(C)(C)c1ccc2c(c1)N(S(=O)(=O)c1ccccc1)C[C@@H](C(=O)Nc1ccc(N3CCCC3)cc1)O2. The summed E-state index contributed by atoms with van der Waals surface area (Å²) in [6.07, 6.45) is 1.38. The fourth-order valence-electron chi connectivity index (χ4n) is 4.76. The minimum atomic E-state index is -3.92. The van der Waals surface area contributed by atoms with Crippen LogP contribution in [0.25, 0.3) is 0 Å². The highest BCUT2D eigenvalue weighted by Gasteiger charge is 2.38. The van der Waals surface area contributed by atoms with Crippen LogP contribution in [0.1, 0.15) is 39.2 Å². The van der Waals surface area contributed by atoms with Gasteiger partial charge in [-0.2, -0.15) is 0 Å². The highest BCUT2D eigenvalue weighted by molar-refractivity contribution is 7.92. The van der Waals surface area contributed by atoms with Crippen molar-refractivity contribution in [2.24, 2.45) is 0 Å². The average Bonchev–Trinajstić information content (AvgIpc) is 3.43. The second-order valence-corrected chi connectivity index (χ2v) is 12.5. The third-order valence-electron chi connectivity index (χ3n) is 6.92. The van der Waals surface area contributed by atoms with E-state index in [1.165, 1.54) is 17.1 Å². The number of rotatable bonds is 5. The Bertz CT molecular complexity index is 1380. The molecule has 1 atom stereocenters. The Kier molecular flexibility index (Phi) is 6.62. The van der Waals surface area contributed by atoms with Crippen molar-refractivity contribution in [2.75, 3.05) is 34.2 Å². The van der Waals surface area contributed by atoms with Crippen LogP contribution in [-0.4, -0.2) is 40.1 Å². The van der Waals surface area contributed by atoms with E-state index in [1.807, 2.05) is 36.4 Å². The van der Waals surface area contributed by atoms with Gasteiger partial charge in [0.25, 0.3) is 15.9 Å². The van der Waals surface area contributed by atoms with Crippen molar-refractivity contribution in [2.45, 2.75) is 50.0 Å². The molecule has 0 radical (unpaired) electrons. The number of hydrogen-bond donors (Lipinski definition) is 1. The molecule has 0 aliphatic carbocycles. The summed E-state index contributed by atoms with van der Waals surface area (Å²) >= 11 is 0. The van der Waals surface area contributed by atoms with E-state index >= 15 is 0 Å². The number of carbonyl (C=O) groups is 1. The van der Waals surface area contributed by atoms with Gasteiger partial charge in [0.2, 0.25) is 0 Å². The van der Waals surface area contributed by atoms with Gasteiger partial charge in [-0.25, -0.2) is 8.42 Å². The zero-order chi connectivity index (χ0) is 26.2. The minimum absolute atomic E-state index is 0.129. The van der Waals surface area contributed by atoms with Crippen molar-refractivity contribution in [3.63, 3.8) is 0 Å². The monoisotopic (exact) mass is 519 g/mol. The molecule has 2 aliphatic heterocycles. The highest BCUT2D eigenvalue weighted by Crippen LogP contribution is 2.40. The molecule has 1 saturated heterocycles. The first kappa shape index (κ1) is 25.1. The molecule has 3 aromatic carbocycles. The molecular weight excluding hydrogens is 486 g/mol. The molecule has 3 aromatic rings. The number of benzene rings is 3. The van der Waals surface area contributed by atoms with E-state index in [-0.39, 0.29) is 16.9 Å². The molecule has 0 bridgehead atoms. The Morgan fingerprint density at radius 1 is 0.946 bits per heavy atom. The van der Waals surface area contributed by atoms with Gasteiger partial charge in [0.1, 0.15) is 5.75 Å². The van der Waals surface area contributed by atoms with Crippen LogP contribution < -0.4 is 19.3 Å². The van der Waals surface area contributed by atoms with Crippen molar-refractivity contribution >= 4 is 33.0 Å². The lowest BCUT2D eigenvalue weighted by atomic mass is 9.86. The number of hydrogen-bond acceptors (Lipinski definition) is 5. The number of sulfonamides is 1. The molecule has 5 rings (SSSR count). The third kappa shape index (κ3) is 5.16. The largest absolute Gasteiger partial charge is 0.476 e. The molecule has 7 nitrogen and oxygen atoms in total. The van der Waals surface area contributed by atoms with E-state index in [4.69, 9.17) is 4.74 Å². The standard InChI is InChI=1S/C29H33N3O4S/c1-29(2,3)21-11-16-26-25(19-21)32(37(34,35)24-9-5-4-6-10-24)20-27(36-26)28(33)30-22-12-14-23(15-13-22)31-17-7-8-18-31/h4-6,9-16,19,27H,7-8,17-18,20H2,1-3H3,(H,30,33)/t27-/m0/s1. The van der Waals surface area contributed by atoms with E-state index in [1.54, 1.807) is 36.4 Å². The lowest BCUT2D eigenvalue weighted by molar-refractivity contribution is -0.122. The minimum Gasteiger partial charge on any atom is -0.476 e. The Morgan fingerprint density at radius 3 is 2.27 bits per heavy atom. The quantitative estimate of drug-likeness (QED) is 0.503. The Labute approximate surface area is 219 Å². The zero-order valence-electron chi connectivity index (χ0n) is 21.5. The zero-order valence-corrected chi connectivity index (χ0v) is 22.3. The number of anilines is 3. The van der Waals surface area contributed by atoms with Gasteiger partial charge in [0, 0.05) is 24.5 Å². The van der Waals surface area contributed by atoms with Crippen LogP contribution in [0.15, 0.2) is 77.7 Å². The summed E-state index contributed by atoms with van der Waals surface area (Å²) in [6, 6.07) is 21.5. The topological polar surface area (TPSA) is 79.0 Å². The van der Waals surface area contributed by atoms with Crippen molar-refractivity contribution in [1.29, 1.82) is 0 Å². The first-order valence-corrected chi connectivity index (χ1v) is 14.1. The molecule has 0 saturated carbocycles. The molecule has 0 aromatic heterocycles. The lowest BCUT2D eigenvalue weighted by Crippen LogP contribution is -2.49. The van der Waals surface area contributed by atoms with Gasteiger partial charge in [0.05, 0.1) is 17.1 Å². The fourth-order valence-corrected chi connectivity index (χ4v) is 6.24. The van der Waals surface area contributed by atoms with Gasteiger partial charge in [-0.1, -0.05) is 45.0 Å². The molecule has 194 valence electrons. The van der Waals surface area contributed by atoms with Crippen LogP contribution in [0.2, 0.25) is 0 Å². The number of carbonyl (C=O) groups excluding carboxylic acids is 1. The average molecular weight is 520 g/mol. The van der Waals surface area contributed by atoms with Crippen LogP contribution in [0.4, 0.5) is 17.1 Å². The maximum atomic E-state index is 13.7. The summed E-state index contributed by atoms with van der Waals surface area (Å²) < 4.78 is 34.8. The third-order valence-corrected chi connectivity index (χ3v) is 8.72. The van der Waals surface area contributed by atoms with E-state index in [9.17, 15) is 13.2 Å². The molecule has 1 N–H and O–H groups in total. The van der Waals surface area contributed by atoms with Gasteiger partial charge in [0.15, 0.2) is 6.10 Å².